The number of hydrogen-bond acceptors (Lipinski definition) is 5. The van der Waals surface area contributed by atoms with E-state index in [2.05, 4.69) is 9.97 Å². The Morgan fingerprint density at radius 1 is 1.29 bits per heavy atom. The number of nitrogens with two attached hydrogens (primary N) is 1. The van der Waals surface area contributed by atoms with Crippen LogP contribution in [0.15, 0.2) is 23.6 Å². The van der Waals surface area contributed by atoms with E-state index in [1.807, 2.05) is 17.5 Å². The summed E-state index contributed by atoms with van der Waals surface area (Å²) in [6.07, 6.45) is 0. The molecule has 0 aromatic carbocycles. The lowest BCUT2D eigenvalue weighted by Crippen LogP contribution is -1.90. The molecule has 0 bridgehead atoms. The lowest BCUT2D eigenvalue weighted by atomic mass is 10.3. The van der Waals surface area contributed by atoms with Crippen LogP contribution in [0.3, 0.4) is 0 Å². The van der Waals surface area contributed by atoms with Crippen molar-refractivity contribution in [2.75, 3.05) is 12.8 Å². The zero-order valence-corrected chi connectivity index (χ0v) is 8.41. The van der Waals surface area contributed by atoms with Crippen LogP contribution >= 0.6 is 11.3 Å². The fourth-order valence-electron chi connectivity index (χ4n) is 1.08. The molecule has 5 heteroatoms. The highest BCUT2D eigenvalue weighted by Crippen LogP contribution is 2.22. The third kappa shape index (κ3) is 1.67. The van der Waals surface area contributed by atoms with Gasteiger partial charge in [-0.25, -0.2) is 9.97 Å². The summed E-state index contributed by atoms with van der Waals surface area (Å²) >= 11 is 1.40. The molecular weight excluding hydrogens is 198 g/mol. The number of pyridine rings is 1. The van der Waals surface area contributed by atoms with Crippen molar-refractivity contribution >= 4 is 16.5 Å². The van der Waals surface area contributed by atoms with E-state index < -0.39 is 0 Å². The SMILES string of the molecule is COc1cccc(-c2csc(N)n2)n1. The fourth-order valence-corrected chi connectivity index (χ4v) is 1.63. The highest BCUT2D eigenvalue weighted by atomic mass is 32.1. The molecule has 2 rings (SSSR count). The third-order valence-electron chi connectivity index (χ3n) is 1.72. The van der Waals surface area contributed by atoms with Gasteiger partial charge in [0, 0.05) is 11.4 Å². The fraction of sp³-hybridized carbons (Fsp3) is 0.111. The Morgan fingerprint density at radius 2 is 2.14 bits per heavy atom. The number of thiazole rings is 1. The summed E-state index contributed by atoms with van der Waals surface area (Å²) in [5.74, 6) is 0.578. The Labute approximate surface area is 85.4 Å². The van der Waals surface area contributed by atoms with E-state index in [4.69, 9.17) is 10.5 Å². The van der Waals surface area contributed by atoms with Crippen LogP contribution in [0.2, 0.25) is 0 Å². The van der Waals surface area contributed by atoms with Gasteiger partial charge in [0.1, 0.15) is 5.69 Å². The molecule has 2 heterocycles. The number of methoxy groups -OCH3 is 1. The van der Waals surface area contributed by atoms with Crippen LogP contribution in [-0.2, 0) is 0 Å². The zero-order valence-electron chi connectivity index (χ0n) is 7.60. The molecule has 0 spiro atoms. The standard InChI is InChI=1S/C9H9N3OS/c1-13-8-4-2-3-6(11-8)7-5-14-9(10)12-7/h2-5H,1H3,(H2,10,12). The minimum absolute atomic E-state index is 0.546. The van der Waals surface area contributed by atoms with Crippen LogP contribution in [-0.4, -0.2) is 17.1 Å². The van der Waals surface area contributed by atoms with Gasteiger partial charge in [0.15, 0.2) is 5.13 Å². The number of ether oxygens (including phenoxy) is 1. The van der Waals surface area contributed by atoms with Crippen LogP contribution in [0.1, 0.15) is 0 Å². The average molecular weight is 207 g/mol. The lowest BCUT2D eigenvalue weighted by Gasteiger charge is -1.99. The van der Waals surface area contributed by atoms with E-state index in [9.17, 15) is 0 Å². The molecular formula is C9H9N3OS. The molecule has 0 fully saturated rings. The minimum atomic E-state index is 0.546. The second kappa shape index (κ2) is 3.63. The second-order valence-electron chi connectivity index (χ2n) is 2.64. The quantitative estimate of drug-likeness (QED) is 0.815. The molecule has 0 aliphatic carbocycles. The molecule has 2 aromatic heterocycles. The topological polar surface area (TPSA) is 61.0 Å². The largest absolute Gasteiger partial charge is 0.481 e. The molecule has 4 nitrogen and oxygen atoms in total. The van der Waals surface area contributed by atoms with Crippen molar-refractivity contribution in [1.82, 2.24) is 9.97 Å². The van der Waals surface area contributed by atoms with Gasteiger partial charge < -0.3 is 10.5 Å². The Balaban J connectivity index is 2.41. The lowest BCUT2D eigenvalue weighted by molar-refractivity contribution is 0.398. The van der Waals surface area contributed by atoms with Gasteiger partial charge in [-0.05, 0) is 6.07 Å². The van der Waals surface area contributed by atoms with Gasteiger partial charge in [-0.2, -0.15) is 0 Å². The van der Waals surface area contributed by atoms with Crippen LogP contribution < -0.4 is 10.5 Å². The zero-order chi connectivity index (χ0) is 9.97. The molecule has 2 aromatic rings. The molecule has 2 N–H and O–H groups in total. The number of anilines is 1. The van der Waals surface area contributed by atoms with Crippen molar-refractivity contribution in [3.63, 3.8) is 0 Å². The predicted molar refractivity (Wildman–Crippen MR) is 56.3 cm³/mol. The molecule has 0 aliphatic rings. The van der Waals surface area contributed by atoms with Crippen LogP contribution in [0.25, 0.3) is 11.4 Å². The Morgan fingerprint density at radius 3 is 2.79 bits per heavy atom. The van der Waals surface area contributed by atoms with Gasteiger partial charge in [-0.15, -0.1) is 11.3 Å². The van der Waals surface area contributed by atoms with Gasteiger partial charge in [0.05, 0.1) is 12.8 Å². The van der Waals surface area contributed by atoms with Gasteiger partial charge in [-0.3, -0.25) is 0 Å². The summed E-state index contributed by atoms with van der Waals surface area (Å²) in [7, 11) is 1.58. The van der Waals surface area contributed by atoms with E-state index in [1.165, 1.54) is 11.3 Å². The Bertz CT molecular complexity index is 441. The number of rotatable bonds is 2. The summed E-state index contributed by atoms with van der Waals surface area (Å²) in [6, 6.07) is 5.53. The van der Waals surface area contributed by atoms with Crippen molar-refractivity contribution in [2.24, 2.45) is 0 Å². The first-order valence-corrected chi connectivity index (χ1v) is 4.90. The van der Waals surface area contributed by atoms with E-state index in [0.717, 1.165) is 11.4 Å². The van der Waals surface area contributed by atoms with Crippen molar-refractivity contribution < 1.29 is 4.74 Å². The van der Waals surface area contributed by atoms with Gasteiger partial charge >= 0.3 is 0 Å². The monoisotopic (exact) mass is 207 g/mol. The Kier molecular flexibility index (Phi) is 2.32. The summed E-state index contributed by atoms with van der Waals surface area (Å²) in [5, 5.41) is 2.42. The van der Waals surface area contributed by atoms with E-state index in [-0.39, 0.29) is 0 Å². The number of nitrogen functional groups attached to an aromatic ring is 1. The van der Waals surface area contributed by atoms with Gasteiger partial charge in [0.2, 0.25) is 5.88 Å². The number of nitrogens with zero attached hydrogens (tertiary/aromatic N) is 2. The predicted octanol–water partition coefficient (Wildman–Crippen LogP) is 1.80. The highest BCUT2D eigenvalue weighted by Gasteiger charge is 2.04. The highest BCUT2D eigenvalue weighted by molar-refractivity contribution is 7.13. The maximum absolute atomic E-state index is 5.53. The smallest absolute Gasteiger partial charge is 0.213 e. The molecule has 0 unspecified atom stereocenters. The van der Waals surface area contributed by atoms with Crippen molar-refractivity contribution in [3.05, 3.63) is 23.6 Å². The van der Waals surface area contributed by atoms with Crippen LogP contribution in [0.5, 0.6) is 5.88 Å². The molecule has 0 atom stereocenters. The first-order valence-electron chi connectivity index (χ1n) is 4.02. The molecule has 0 aliphatic heterocycles. The van der Waals surface area contributed by atoms with Gasteiger partial charge in [-0.1, -0.05) is 6.07 Å². The summed E-state index contributed by atoms with van der Waals surface area (Å²) < 4.78 is 5.02. The van der Waals surface area contributed by atoms with E-state index >= 15 is 0 Å². The maximum atomic E-state index is 5.53. The van der Waals surface area contributed by atoms with Crippen LogP contribution in [0.4, 0.5) is 5.13 Å². The molecule has 0 saturated heterocycles. The summed E-state index contributed by atoms with van der Waals surface area (Å²) in [6.45, 7) is 0. The molecule has 0 saturated carbocycles. The molecule has 72 valence electrons. The summed E-state index contributed by atoms with van der Waals surface area (Å²) in [5.41, 5.74) is 7.09. The summed E-state index contributed by atoms with van der Waals surface area (Å²) in [4.78, 5) is 8.38. The van der Waals surface area contributed by atoms with E-state index in [0.29, 0.717) is 11.0 Å². The van der Waals surface area contributed by atoms with Crippen LogP contribution in [0, 0.1) is 0 Å². The Hall–Kier alpha value is -1.62. The van der Waals surface area contributed by atoms with Crippen molar-refractivity contribution in [3.8, 4) is 17.3 Å². The number of aromatic nitrogens is 2. The molecule has 0 radical (unpaired) electrons. The molecule has 0 amide bonds. The first kappa shape index (κ1) is 8.96. The molecule has 14 heavy (non-hydrogen) atoms. The first-order chi connectivity index (χ1) is 6.79. The van der Waals surface area contributed by atoms with Gasteiger partial charge in [0.25, 0.3) is 0 Å². The maximum Gasteiger partial charge on any atom is 0.213 e. The van der Waals surface area contributed by atoms with Crippen molar-refractivity contribution in [1.29, 1.82) is 0 Å². The van der Waals surface area contributed by atoms with Crippen molar-refractivity contribution in [2.45, 2.75) is 0 Å². The average Bonchev–Trinajstić information content (AvgIpc) is 2.65. The third-order valence-corrected chi connectivity index (χ3v) is 2.39. The number of hydrogen-bond donors (Lipinski definition) is 1. The normalized spacial score (nSPS) is 10.1. The van der Waals surface area contributed by atoms with E-state index in [1.54, 1.807) is 13.2 Å². The second-order valence-corrected chi connectivity index (χ2v) is 3.53. The minimum Gasteiger partial charge on any atom is -0.481 e.